The highest BCUT2D eigenvalue weighted by molar-refractivity contribution is 5.40. The molecular formula is C8H12N3. The molecule has 0 aromatic carbocycles. The molecule has 0 bridgehead atoms. The lowest BCUT2D eigenvalue weighted by atomic mass is 10.4. The van der Waals surface area contributed by atoms with Gasteiger partial charge in [0.15, 0.2) is 0 Å². The van der Waals surface area contributed by atoms with Crippen LogP contribution in [0.15, 0.2) is 12.3 Å². The normalized spacial score (nSPS) is 9.64. The van der Waals surface area contributed by atoms with E-state index in [0.29, 0.717) is 0 Å². The van der Waals surface area contributed by atoms with Crippen molar-refractivity contribution in [1.29, 1.82) is 0 Å². The lowest BCUT2D eigenvalue weighted by Crippen LogP contribution is -2.21. The first kappa shape index (κ1) is 7.98. The van der Waals surface area contributed by atoms with E-state index in [4.69, 9.17) is 0 Å². The summed E-state index contributed by atoms with van der Waals surface area (Å²) in [7, 11) is 0. The first-order chi connectivity index (χ1) is 5.38. The molecular weight excluding hydrogens is 138 g/mol. The fourth-order valence-electron chi connectivity index (χ4n) is 0.995. The van der Waals surface area contributed by atoms with Crippen molar-refractivity contribution in [1.82, 2.24) is 10.2 Å². The third-order valence-electron chi connectivity index (χ3n) is 1.63. The Labute approximate surface area is 67.1 Å². The molecule has 59 valence electrons. The highest BCUT2D eigenvalue weighted by Gasteiger charge is 1.99. The van der Waals surface area contributed by atoms with Crippen LogP contribution in [0.4, 0.5) is 5.69 Å². The highest BCUT2D eigenvalue weighted by Crippen LogP contribution is 2.07. The number of hydrogen-bond acceptors (Lipinski definition) is 3. The Balaban J connectivity index is 2.74. The van der Waals surface area contributed by atoms with Gasteiger partial charge in [-0.25, -0.2) is 0 Å². The Morgan fingerprint density at radius 2 is 2.18 bits per heavy atom. The van der Waals surface area contributed by atoms with Crippen LogP contribution in [0.2, 0.25) is 0 Å². The molecule has 0 saturated carbocycles. The fourth-order valence-corrected chi connectivity index (χ4v) is 0.995. The number of aromatic nitrogens is 2. The summed E-state index contributed by atoms with van der Waals surface area (Å²) in [5.41, 5.74) is 1.02. The van der Waals surface area contributed by atoms with Crippen molar-refractivity contribution in [3.63, 3.8) is 0 Å². The van der Waals surface area contributed by atoms with Crippen molar-refractivity contribution in [2.75, 3.05) is 18.0 Å². The van der Waals surface area contributed by atoms with Gasteiger partial charge in [0.25, 0.3) is 0 Å². The molecule has 0 aliphatic carbocycles. The summed E-state index contributed by atoms with van der Waals surface area (Å²) in [6.07, 6.45) is 4.52. The maximum absolute atomic E-state index is 3.68. The van der Waals surface area contributed by atoms with Crippen LogP contribution >= 0.6 is 0 Å². The molecule has 0 atom stereocenters. The van der Waals surface area contributed by atoms with Crippen molar-refractivity contribution in [3.05, 3.63) is 18.5 Å². The number of rotatable bonds is 3. The van der Waals surface area contributed by atoms with Crippen LogP contribution < -0.4 is 4.90 Å². The molecule has 0 spiro atoms. The lowest BCUT2D eigenvalue weighted by molar-refractivity contribution is 0.852. The Kier molecular flexibility index (Phi) is 2.83. The van der Waals surface area contributed by atoms with Crippen LogP contribution in [0, 0.1) is 6.20 Å². The van der Waals surface area contributed by atoms with E-state index >= 15 is 0 Å². The smallest absolute Gasteiger partial charge is 0.139 e. The van der Waals surface area contributed by atoms with Gasteiger partial charge in [-0.1, -0.05) is 0 Å². The maximum Gasteiger partial charge on any atom is 0.139 e. The van der Waals surface area contributed by atoms with Gasteiger partial charge in [0.2, 0.25) is 0 Å². The van der Waals surface area contributed by atoms with E-state index in [2.05, 4.69) is 35.1 Å². The average molecular weight is 150 g/mol. The van der Waals surface area contributed by atoms with E-state index in [1.54, 1.807) is 6.20 Å². The van der Waals surface area contributed by atoms with Gasteiger partial charge in [0.05, 0.1) is 11.9 Å². The number of nitrogens with zero attached hydrogens (tertiary/aromatic N) is 3. The predicted molar refractivity (Wildman–Crippen MR) is 44.4 cm³/mol. The molecule has 0 amide bonds. The van der Waals surface area contributed by atoms with Crippen molar-refractivity contribution in [2.45, 2.75) is 13.8 Å². The molecule has 0 N–H and O–H groups in total. The van der Waals surface area contributed by atoms with Crippen molar-refractivity contribution in [2.24, 2.45) is 0 Å². The minimum Gasteiger partial charge on any atom is -0.370 e. The number of anilines is 1. The van der Waals surface area contributed by atoms with E-state index < -0.39 is 0 Å². The summed E-state index contributed by atoms with van der Waals surface area (Å²) in [5.74, 6) is 0. The van der Waals surface area contributed by atoms with Crippen molar-refractivity contribution in [3.8, 4) is 0 Å². The van der Waals surface area contributed by atoms with Gasteiger partial charge >= 0.3 is 0 Å². The predicted octanol–water partition coefficient (Wildman–Crippen LogP) is 1.12. The van der Waals surface area contributed by atoms with Gasteiger partial charge in [0, 0.05) is 13.1 Å². The Morgan fingerprint density at radius 3 is 2.64 bits per heavy atom. The van der Waals surface area contributed by atoms with Crippen LogP contribution in [0.5, 0.6) is 0 Å². The van der Waals surface area contributed by atoms with Gasteiger partial charge in [-0.3, -0.25) is 0 Å². The molecule has 1 rings (SSSR count). The minimum atomic E-state index is 0.985. The van der Waals surface area contributed by atoms with E-state index in [0.717, 1.165) is 18.8 Å². The largest absolute Gasteiger partial charge is 0.370 e. The zero-order valence-corrected chi connectivity index (χ0v) is 6.91. The quantitative estimate of drug-likeness (QED) is 0.646. The van der Waals surface area contributed by atoms with Crippen LogP contribution in [0.3, 0.4) is 0 Å². The van der Waals surface area contributed by atoms with Crippen molar-refractivity contribution < 1.29 is 0 Å². The Hall–Kier alpha value is -1.12. The second kappa shape index (κ2) is 3.91. The van der Waals surface area contributed by atoms with E-state index in [1.807, 2.05) is 6.07 Å². The van der Waals surface area contributed by atoms with Crippen LogP contribution in [0.25, 0.3) is 0 Å². The monoisotopic (exact) mass is 150 g/mol. The molecule has 11 heavy (non-hydrogen) atoms. The molecule has 1 heterocycles. The van der Waals surface area contributed by atoms with E-state index in [-0.39, 0.29) is 0 Å². The lowest BCUT2D eigenvalue weighted by Gasteiger charge is -2.18. The van der Waals surface area contributed by atoms with E-state index in [1.165, 1.54) is 0 Å². The molecule has 0 fully saturated rings. The third kappa shape index (κ3) is 1.90. The molecule has 1 aromatic heterocycles. The SMILES string of the molecule is CCN(CC)c1[c]nncc1. The van der Waals surface area contributed by atoms with Gasteiger partial charge in [-0.05, 0) is 19.9 Å². The summed E-state index contributed by atoms with van der Waals surface area (Å²) in [4.78, 5) is 2.18. The fraction of sp³-hybridized carbons (Fsp3) is 0.500. The molecule has 0 aliphatic rings. The Morgan fingerprint density at radius 1 is 1.45 bits per heavy atom. The second-order valence-electron chi connectivity index (χ2n) is 2.20. The topological polar surface area (TPSA) is 29.0 Å². The summed E-state index contributed by atoms with van der Waals surface area (Å²) in [6, 6.07) is 1.92. The van der Waals surface area contributed by atoms with Gasteiger partial charge < -0.3 is 4.90 Å². The summed E-state index contributed by atoms with van der Waals surface area (Å²) >= 11 is 0. The second-order valence-corrected chi connectivity index (χ2v) is 2.20. The summed E-state index contributed by atoms with van der Waals surface area (Å²) in [5, 5.41) is 7.35. The van der Waals surface area contributed by atoms with Crippen molar-refractivity contribution >= 4 is 5.69 Å². The molecule has 1 radical (unpaired) electrons. The zero-order valence-electron chi connectivity index (χ0n) is 6.91. The van der Waals surface area contributed by atoms with Gasteiger partial charge in [-0.15, -0.1) is 5.10 Å². The highest BCUT2D eigenvalue weighted by atomic mass is 15.2. The van der Waals surface area contributed by atoms with Crippen LogP contribution in [-0.2, 0) is 0 Å². The molecule has 1 aromatic rings. The maximum atomic E-state index is 3.68. The third-order valence-corrected chi connectivity index (χ3v) is 1.63. The zero-order chi connectivity index (χ0) is 8.10. The average Bonchev–Trinajstić information content (AvgIpc) is 2.09. The minimum absolute atomic E-state index is 0.985. The summed E-state index contributed by atoms with van der Waals surface area (Å²) in [6.45, 7) is 6.19. The molecule has 0 unspecified atom stereocenters. The first-order valence-corrected chi connectivity index (χ1v) is 3.82. The Bertz CT molecular complexity index is 194. The molecule has 3 heteroatoms. The molecule has 3 nitrogen and oxygen atoms in total. The molecule has 0 aliphatic heterocycles. The number of hydrogen-bond donors (Lipinski definition) is 0. The van der Waals surface area contributed by atoms with Crippen LogP contribution in [-0.4, -0.2) is 23.3 Å². The standard InChI is InChI=1S/C8H12N3/c1-3-11(4-2)8-5-6-9-10-7-8/h5-6H,3-4H2,1-2H3. The van der Waals surface area contributed by atoms with Crippen LogP contribution in [0.1, 0.15) is 13.8 Å². The first-order valence-electron chi connectivity index (χ1n) is 3.82. The molecule has 0 saturated heterocycles. The van der Waals surface area contributed by atoms with Gasteiger partial charge in [-0.2, -0.15) is 5.10 Å². The van der Waals surface area contributed by atoms with E-state index in [9.17, 15) is 0 Å². The van der Waals surface area contributed by atoms with Gasteiger partial charge in [0.1, 0.15) is 6.20 Å². The summed E-state index contributed by atoms with van der Waals surface area (Å²) < 4.78 is 0.